The van der Waals surface area contributed by atoms with Gasteiger partial charge in [-0.2, -0.15) is 5.26 Å². The molecular formula is C17H17FN2. The van der Waals surface area contributed by atoms with Crippen LogP contribution < -0.4 is 5.32 Å². The number of nitrogens with zero attached hydrogens (tertiary/aromatic N) is 1. The van der Waals surface area contributed by atoms with Gasteiger partial charge in [-0.25, -0.2) is 4.39 Å². The van der Waals surface area contributed by atoms with Gasteiger partial charge < -0.3 is 5.32 Å². The predicted molar refractivity (Wildman–Crippen MR) is 78.9 cm³/mol. The molecule has 0 aliphatic rings. The third kappa shape index (κ3) is 3.36. The SMILES string of the molecule is CCCc1ccc(NCc2cccc(C#N)c2F)cc1. The van der Waals surface area contributed by atoms with Gasteiger partial charge in [-0.3, -0.25) is 0 Å². The fourth-order valence-electron chi connectivity index (χ4n) is 2.08. The zero-order valence-electron chi connectivity index (χ0n) is 11.5. The Bertz CT molecular complexity index is 612. The van der Waals surface area contributed by atoms with Crippen LogP contribution in [0.1, 0.15) is 30.0 Å². The lowest BCUT2D eigenvalue weighted by Gasteiger charge is -2.09. The summed E-state index contributed by atoms with van der Waals surface area (Å²) < 4.78 is 13.9. The first-order chi connectivity index (χ1) is 9.74. The van der Waals surface area contributed by atoms with Gasteiger partial charge in [0.25, 0.3) is 0 Å². The number of anilines is 1. The molecule has 0 aromatic heterocycles. The zero-order valence-corrected chi connectivity index (χ0v) is 11.5. The standard InChI is InChI=1S/C17H17FN2/c1-2-4-13-7-9-16(10-8-13)20-12-15-6-3-5-14(11-19)17(15)18/h3,5-10,20H,2,4,12H2,1H3. The Labute approximate surface area is 118 Å². The second-order valence-corrected chi connectivity index (χ2v) is 4.69. The van der Waals surface area contributed by atoms with Crippen molar-refractivity contribution in [3.8, 4) is 6.07 Å². The van der Waals surface area contributed by atoms with Crippen LogP contribution in [0.5, 0.6) is 0 Å². The molecule has 2 nitrogen and oxygen atoms in total. The number of halogens is 1. The highest BCUT2D eigenvalue weighted by molar-refractivity contribution is 5.46. The number of aryl methyl sites for hydroxylation is 1. The van der Waals surface area contributed by atoms with E-state index in [-0.39, 0.29) is 5.56 Å². The molecule has 0 bridgehead atoms. The van der Waals surface area contributed by atoms with Crippen LogP contribution in [0.15, 0.2) is 42.5 Å². The Morgan fingerprint density at radius 1 is 1.15 bits per heavy atom. The largest absolute Gasteiger partial charge is 0.381 e. The first-order valence-electron chi connectivity index (χ1n) is 6.75. The van der Waals surface area contributed by atoms with Crippen LogP contribution in [-0.4, -0.2) is 0 Å². The van der Waals surface area contributed by atoms with Gasteiger partial charge in [0.05, 0.1) is 5.56 Å². The summed E-state index contributed by atoms with van der Waals surface area (Å²) in [5, 5.41) is 12.0. The van der Waals surface area contributed by atoms with Crippen LogP contribution in [0.2, 0.25) is 0 Å². The molecule has 0 fully saturated rings. The van der Waals surface area contributed by atoms with E-state index in [1.54, 1.807) is 12.1 Å². The van der Waals surface area contributed by atoms with Crippen molar-refractivity contribution in [3.05, 3.63) is 65.0 Å². The van der Waals surface area contributed by atoms with Crippen LogP contribution in [-0.2, 0) is 13.0 Å². The minimum atomic E-state index is -0.440. The van der Waals surface area contributed by atoms with E-state index in [0.717, 1.165) is 18.5 Å². The van der Waals surface area contributed by atoms with E-state index in [0.29, 0.717) is 12.1 Å². The normalized spacial score (nSPS) is 10.1. The Balaban J connectivity index is 2.04. The molecule has 1 N–H and O–H groups in total. The molecule has 0 spiro atoms. The van der Waals surface area contributed by atoms with E-state index in [1.807, 2.05) is 18.2 Å². The van der Waals surface area contributed by atoms with Crippen molar-refractivity contribution in [1.82, 2.24) is 0 Å². The van der Waals surface area contributed by atoms with Gasteiger partial charge in [0.1, 0.15) is 11.9 Å². The summed E-state index contributed by atoms with van der Waals surface area (Å²) in [5.41, 5.74) is 2.84. The predicted octanol–water partition coefficient (Wildman–Crippen LogP) is 4.26. The molecule has 0 aliphatic heterocycles. The monoisotopic (exact) mass is 268 g/mol. The van der Waals surface area contributed by atoms with Crippen molar-refractivity contribution in [2.24, 2.45) is 0 Å². The summed E-state index contributed by atoms with van der Waals surface area (Å²) in [4.78, 5) is 0. The zero-order chi connectivity index (χ0) is 14.4. The van der Waals surface area contributed by atoms with Crippen LogP contribution in [0.3, 0.4) is 0 Å². The molecule has 0 unspecified atom stereocenters. The number of rotatable bonds is 5. The third-order valence-corrected chi connectivity index (χ3v) is 3.17. The van der Waals surface area contributed by atoms with E-state index in [9.17, 15) is 4.39 Å². The maximum Gasteiger partial charge on any atom is 0.145 e. The lowest BCUT2D eigenvalue weighted by Crippen LogP contribution is -2.03. The van der Waals surface area contributed by atoms with Crippen molar-refractivity contribution in [2.45, 2.75) is 26.3 Å². The second-order valence-electron chi connectivity index (χ2n) is 4.69. The molecule has 3 heteroatoms. The van der Waals surface area contributed by atoms with Gasteiger partial charge >= 0.3 is 0 Å². The van der Waals surface area contributed by atoms with Crippen molar-refractivity contribution >= 4 is 5.69 Å². The van der Waals surface area contributed by atoms with Crippen molar-refractivity contribution < 1.29 is 4.39 Å². The summed E-state index contributed by atoms with van der Waals surface area (Å²) in [5.74, 6) is -0.440. The smallest absolute Gasteiger partial charge is 0.145 e. The molecule has 0 amide bonds. The van der Waals surface area contributed by atoms with E-state index in [1.165, 1.54) is 11.6 Å². The fraction of sp³-hybridized carbons (Fsp3) is 0.235. The van der Waals surface area contributed by atoms with Crippen LogP contribution in [0.4, 0.5) is 10.1 Å². The average Bonchev–Trinajstić information content (AvgIpc) is 2.48. The number of nitriles is 1. The first-order valence-corrected chi connectivity index (χ1v) is 6.75. The molecule has 0 heterocycles. The summed E-state index contributed by atoms with van der Waals surface area (Å²) in [6, 6.07) is 14.9. The molecule has 2 aromatic carbocycles. The van der Waals surface area contributed by atoms with E-state index < -0.39 is 5.82 Å². The molecule has 2 aromatic rings. The van der Waals surface area contributed by atoms with Crippen molar-refractivity contribution in [3.63, 3.8) is 0 Å². The van der Waals surface area contributed by atoms with Crippen LogP contribution in [0, 0.1) is 17.1 Å². The molecule has 0 saturated carbocycles. The average molecular weight is 268 g/mol. The van der Waals surface area contributed by atoms with E-state index >= 15 is 0 Å². The Hall–Kier alpha value is -2.34. The van der Waals surface area contributed by atoms with Gasteiger partial charge in [-0.05, 0) is 30.2 Å². The van der Waals surface area contributed by atoms with E-state index in [4.69, 9.17) is 5.26 Å². The summed E-state index contributed by atoms with van der Waals surface area (Å²) in [6.07, 6.45) is 2.19. The minimum Gasteiger partial charge on any atom is -0.381 e. The van der Waals surface area contributed by atoms with Crippen LogP contribution in [0.25, 0.3) is 0 Å². The number of hydrogen-bond donors (Lipinski definition) is 1. The maximum atomic E-state index is 13.9. The number of nitrogens with one attached hydrogen (secondary N) is 1. The molecule has 2 rings (SSSR count). The lowest BCUT2D eigenvalue weighted by atomic mass is 10.1. The first kappa shape index (κ1) is 14.1. The Morgan fingerprint density at radius 3 is 2.55 bits per heavy atom. The molecule has 0 atom stereocenters. The van der Waals surface area contributed by atoms with Gasteiger partial charge in [0.2, 0.25) is 0 Å². The molecular weight excluding hydrogens is 251 g/mol. The number of hydrogen-bond acceptors (Lipinski definition) is 2. The molecule has 0 aliphatic carbocycles. The fourth-order valence-corrected chi connectivity index (χ4v) is 2.08. The molecule has 102 valence electrons. The van der Waals surface area contributed by atoms with Gasteiger partial charge in [0, 0.05) is 17.8 Å². The highest BCUT2D eigenvalue weighted by Gasteiger charge is 2.06. The molecule has 20 heavy (non-hydrogen) atoms. The second kappa shape index (κ2) is 6.72. The van der Waals surface area contributed by atoms with E-state index in [2.05, 4.69) is 24.4 Å². The van der Waals surface area contributed by atoms with Gasteiger partial charge in [0.15, 0.2) is 0 Å². The third-order valence-electron chi connectivity index (χ3n) is 3.17. The highest BCUT2D eigenvalue weighted by atomic mass is 19.1. The molecule has 0 saturated heterocycles. The topological polar surface area (TPSA) is 35.8 Å². The van der Waals surface area contributed by atoms with Crippen molar-refractivity contribution in [1.29, 1.82) is 5.26 Å². The summed E-state index contributed by atoms with van der Waals surface area (Å²) in [7, 11) is 0. The van der Waals surface area contributed by atoms with Gasteiger partial charge in [-0.1, -0.05) is 37.6 Å². The van der Waals surface area contributed by atoms with Crippen molar-refractivity contribution in [2.75, 3.05) is 5.32 Å². The van der Waals surface area contributed by atoms with Gasteiger partial charge in [-0.15, -0.1) is 0 Å². The lowest BCUT2D eigenvalue weighted by molar-refractivity contribution is 0.609. The molecule has 0 radical (unpaired) electrons. The minimum absolute atomic E-state index is 0.0857. The Kier molecular flexibility index (Phi) is 4.73. The Morgan fingerprint density at radius 2 is 1.90 bits per heavy atom. The highest BCUT2D eigenvalue weighted by Crippen LogP contribution is 2.16. The van der Waals surface area contributed by atoms with Crippen LogP contribution >= 0.6 is 0 Å². The number of benzene rings is 2. The summed E-state index contributed by atoms with van der Waals surface area (Å²) >= 11 is 0. The quantitative estimate of drug-likeness (QED) is 0.879. The summed E-state index contributed by atoms with van der Waals surface area (Å²) in [6.45, 7) is 2.52. The maximum absolute atomic E-state index is 13.9.